The van der Waals surface area contributed by atoms with Crippen LogP contribution < -0.4 is 15.1 Å². The molecule has 0 atom stereocenters. The summed E-state index contributed by atoms with van der Waals surface area (Å²) in [5.74, 6) is -0.912. The number of nitrogens with one attached hydrogen (secondary N) is 1. The summed E-state index contributed by atoms with van der Waals surface area (Å²) in [6.07, 6.45) is 2.53. The Labute approximate surface area is 208 Å². The van der Waals surface area contributed by atoms with Crippen molar-refractivity contribution in [2.45, 2.75) is 19.9 Å². The summed E-state index contributed by atoms with van der Waals surface area (Å²) in [6, 6.07) is 21.3. The van der Waals surface area contributed by atoms with Crippen LogP contribution in [-0.4, -0.2) is 23.5 Å². The van der Waals surface area contributed by atoms with Crippen molar-refractivity contribution in [2.75, 3.05) is 16.3 Å². The molecule has 5 nitrogen and oxygen atoms in total. The Hall–Kier alpha value is -3.48. The van der Waals surface area contributed by atoms with Gasteiger partial charge in [-0.05, 0) is 78.2 Å². The zero-order chi connectivity index (χ0) is 23.8. The van der Waals surface area contributed by atoms with Crippen LogP contribution in [0.2, 0.25) is 5.02 Å². The van der Waals surface area contributed by atoms with Crippen molar-refractivity contribution in [2.24, 2.45) is 0 Å². The number of aryl methyl sites for hydroxylation is 1. The van der Waals surface area contributed by atoms with E-state index < -0.39 is 11.8 Å². The van der Waals surface area contributed by atoms with E-state index in [1.165, 1.54) is 10.5 Å². The van der Waals surface area contributed by atoms with Gasteiger partial charge < -0.3 is 4.90 Å². The number of carbonyl (C=O) groups excluding carboxylic acids is 2. The summed E-state index contributed by atoms with van der Waals surface area (Å²) < 4.78 is 0. The molecule has 170 valence electrons. The van der Waals surface area contributed by atoms with Crippen LogP contribution in [0.5, 0.6) is 0 Å². The molecular weight excluding hydrogens is 466 g/mol. The zero-order valence-corrected chi connectivity index (χ0v) is 20.1. The first-order valence-electron chi connectivity index (χ1n) is 11.0. The van der Waals surface area contributed by atoms with Crippen molar-refractivity contribution in [1.82, 2.24) is 5.32 Å². The molecule has 5 rings (SSSR count). The molecule has 0 aromatic heterocycles. The molecule has 0 bridgehead atoms. The van der Waals surface area contributed by atoms with E-state index in [9.17, 15) is 9.59 Å². The average molecular weight is 488 g/mol. The second kappa shape index (κ2) is 9.05. The maximum atomic E-state index is 13.3. The summed E-state index contributed by atoms with van der Waals surface area (Å²) in [5, 5.41) is 3.50. The highest BCUT2D eigenvalue weighted by Gasteiger charge is 2.35. The van der Waals surface area contributed by atoms with E-state index in [1.807, 2.05) is 73.7 Å². The van der Waals surface area contributed by atoms with Crippen molar-refractivity contribution in [3.8, 4) is 0 Å². The Morgan fingerprint density at radius 3 is 2.59 bits per heavy atom. The minimum atomic E-state index is -0.485. The van der Waals surface area contributed by atoms with Gasteiger partial charge in [-0.2, -0.15) is 0 Å². The number of thiocarbonyl (C=S) groups is 1. The first-order valence-corrected chi connectivity index (χ1v) is 11.8. The topological polar surface area (TPSA) is 52.7 Å². The van der Waals surface area contributed by atoms with Crippen LogP contribution in [-0.2, 0) is 22.6 Å². The van der Waals surface area contributed by atoms with Gasteiger partial charge in [0.25, 0.3) is 11.8 Å². The molecule has 3 aromatic rings. The van der Waals surface area contributed by atoms with Crippen LogP contribution in [0.1, 0.15) is 22.3 Å². The maximum absolute atomic E-state index is 13.3. The number of para-hydroxylation sites is 1. The Bertz CT molecular complexity index is 1370. The molecule has 0 saturated carbocycles. The first-order chi connectivity index (χ1) is 16.4. The number of hydrogen-bond acceptors (Lipinski definition) is 4. The summed E-state index contributed by atoms with van der Waals surface area (Å²) in [6.45, 7) is 3.52. The molecule has 0 unspecified atom stereocenters. The van der Waals surface area contributed by atoms with Gasteiger partial charge in [-0.1, -0.05) is 54.1 Å². The molecule has 2 amide bonds. The lowest BCUT2D eigenvalue weighted by atomic mass is 10.0. The SMILES string of the molecule is Cc1ccccc1N1C(=O)C(=Cc2ccc3c(c2)CCN3Cc2ccccc2Cl)C(=O)NC1=S. The first kappa shape index (κ1) is 22.3. The quantitative estimate of drug-likeness (QED) is 0.318. The minimum absolute atomic E-state index is 0.0581. The van der Waals surface area contributed by atoms with Gasteiger partial charge in [0, 0.05) is 23.8 Å². The Morgan fingerprint density at radius 2 is 1.79 bits per heavy atom. The minimum Gasteiger partial charge on any atom is -0.367 e. The molecule has 2 aliphatic rings. The van der Waals surface area contributed by atoms with Gasteiger partial charge in [0.2, 0.25) is 0 Å². The van der Waals surface area contributed by atoms with Crippen molar-refractivity contribution >= 4 is 58.2 Å². The molecule has 0 aliphatic carbocycles. The number of fused-ring (bicyclic) bond motifs is 1. The van der Waals surface area contributed by atoms with Gasteiger partial charge in [0.05, 0.1) is 5.69 Å². The number of halogens is 1. The maximum Gasteiger partial charge on any atom is 0.270 e. The second-order valence-electron chi connectivity index (χ2n) is 8.40. The molecule has 1 saturated heterocycles. The number of nitrogens with zero attached hydrogens (tertiary/aromatic N) is 2. The third-order valence-corrected chi connectivity index (χ3v) is 6.84. The Kier molecular flexibility index (Phi) is 5.94. The summed E-state index contributed by atoms with van der Waals surface area (Å²) in [7, 11) is 0. The van der Waals surface area contributed by atoms with E-state index >= 15 is 0 Å². The van der Waals surface area contributed by atoms with E-state index in [1.54, 1.807) is 6.08 Å². The number of anilines is 2. The van der Waals surface area contributed by atoms with E-state index in [4.69, 9.17) is 23.8 Å². The van der Waals surface area contributed by atoms with Crippen molar-refractivity contribution in [3.63, 3.8) is 0 Å². The predicted molar refractivity (Wildman–Crippen MR) is 140 cm³/mol. The van der Waals surface area contributed by atoms with Gasteiger partial charge in [-0.25, -0.2) is 0 Å². The molecule has 34 heavy (non-hydrogen) atoms. The Morgan fingerprint density at radius 1 is 1.03 bits per heavy atom. The second-order valence-corrected chi connectivity index (χ2v) is 9.19. The standard InChI is InChI=1S/C27H22ClN3O2S/c1-17-6-2-5-9-23(17)31-26(33)21(25(32)29-27(31)34)15-18-10-11-24-19(14-18)12-13-30(24)16-20-7-3-4-8-22(20)28/h2-11,14-15H,12-13,16H2,1H3,(H,29,32,34). The Balaban J connectivity index is 1.43. The summed E-state index contributed by atoms with van der Waals surface area (Å²) >= 11 is 11.7. The van der Waals surface area contributed by atoms with Gasteiger partial charge >= 0.3 is 0 Å². The molecule has 2 aliphatic heterocycles. The summed E-state index contributed by atoms with van der Waals surface area (Å²) in [4.78, 5) is 29.7. The largest absolute Gasteiger partial charge is 0.367 e. The molecule has 0 radical (unpaired) electrons. The summed E-state index contributed by atoms with van der Waals surface area (Å²) in [5.41, 5.74) is 5.81. The molecule has 0 spiro atoms. The number of carbonyl (C=O) groups is 2. The van der Waals surface area contributed by atoms with Crippen LogP contribution in [0.25, 0.3) is 6.08 Å². The van der Waals surface area contributed by atoms with E-state index in [0.29, 0.717) is 5.69 Å². The highest BCUT2D eigenvalue weighted by atomic mass is 35.5. The molecule has 7 heteroatoms. The molecule has 1 N–H and O–H groups in total. The van der Waals surface area contributed by atoms with Crippen molar-refractivity contribution < 1.29 is 9.59 Å². The van der Waals surface area contributed by atoms with Crippen LogP contribution in [0, 0.1) is 6.92 Å². The number of hydrogen-bond donors (Lipinski definition) is 1. The average Bonchev–Trinajstić information content (AvgIpc) is 3.21. The predicted octanol–water partition coefficient (Wildman–Crippen LogP) is 5.04. The van der Waals surface area contributed by atoms with Crippen LogP contribution in [0.3, 0.4) is 0 Å². The fraction of sp³-hybridized carbons (Fsp3) is 0.148. The van der Waals surface area contributed by atoms with Gasteiger partial charge in [0.15, 0.2) is 5.11 Å². The third kappa shape index (κ3) is 4.11. The molecule has 1 fully saturated rings. The van der Waals surface area contributed by atoms with Gasteiger partial charge in [-0.3, -0.25) is 19.8 Å². The van der Waals surface area contributed by atoms with E-state index in [0.717, 1.165) is 46.9 Å². The number of benzene rings is 3. The zero-order valence-electron chi connectivity index (χ0n) is 18.5. The lowest BCUT2D eigenvalue weighted by Gasteiger charge is -2.30. The molecule has 3 aromatic carbocycles. The van der Waals surface area contributed by atoms with E-state index in [-0.39, 0.29) is 10.7 Å². The lowest BCUT2D eigenvalue weighted by molar-refractivity contribution is -0.122. The van der Waals surface area contributed by atoms with E-state index in [2.05, 4.69) is 10.2 Å². The highest BCUT2D eigenvalue weighted by molar-refractivity contribution is 7.80. The van der Waals surface area contributed by atoms with Crippen LogP contribution >= 0.6 is 23.8 Å². The van der Waals surface area contributed by atoms with Crippen molar-refractivity contribution in [3.05, 3.63) is 99.6 Å². The molecular formula is C27H22ClN3O2S. The highest BCUT2D eigenvalue weighted by Crippen LogP contribution is 2.32. The normalized spacial score (nSPS) is 16.8. The number of rotatable bonds is 4. The van der Waals surface area contributed by atoms with Crippen LogP contribution in [0.15, 0.2) is 72.3 Å². The monoisotopic (exact) mass is 487 g/mol. The molecule has 2 heterocycles. The van der Waals surface area contributed by atoms with Gasteiger partial charge in [-0.15, -0.1) is 0 Å². The number of amides is 2. The van der Waals surface area contributed by atoms with Crippen LogP contribution in [0.4, 0.5) is 11.4 Å². The smallest absolute Gasteiger partial charge is 0.270 e. The third-order valence-electron chi connectivity index (χ3n) is 6.18. The lowest BCUT2D eigenvalue weighted by Crippen LogP contribution is -2.54. The van der Waals surface area contributed by atoms with Crippen molar-refractivity contribution in [1.29, 1.82) is 0 Å². The fourth-order valence-electron chi connectivity index (χ4n) is 4.43. The van der Waals surface area contributed by atoms with Gasteiger partial charge in [0.1, 0.15) is 5.57 Å². The fourth-order valence-corrected chi connectivity index (χ4v) is 4.90.